The fourth-order valence-corrected chi connectivity index (χ4v) is 3.51. The number of hydrogen-bond donors (Lipinski definition) is 2. The van der Waals surface area contributed by atoms with E-state index in [-0.39, 0.29) is 17.5 Å². The van der Waals surface area contributed by atoms with Gasteiger partial charge in [0.2, 0.25) is 0 Å². The van der Waals surface area contributed by atoms with Crippen LogP contribution in [0.4, 0.5) is 0 Å². The van der Waals surface area contributed by atoms with Crippen LogP contribution in [-0.4, -0.2) is 38.2 Å². The third-order valence-corrected chi connectivity index (χ3v) is 3.76. The molecule has 0 saturated carbocycles. The first-order chi connectivity index (χ1) is 7.19. The minimum Gasteiger partial charge on any atom is -0.357 e. The molecule has 6 heteroatoms. The first kappa shape index (κ1) is 11.6. The van der Waals surface area contributed by atoms with Crippen molar-refractivity contribution >= 4 is 23.2 Å². The van der Waals surface area contributed by atoms with Gasteiger partial charge in [-0.05, 0) is 39.9 Å². The van der Waals surface area contributed by atoms with Crippen molar-refractivity contribution in [3.8, 4) is 0 Å². The van der Waals surface area contributed by atoms with Crippen molar-refractivity contribution in [2.45, 2.75) is 51.4 Å². The summed E-state index contributed by atoms with van der Waals surface area (Å²) < 4.78 is 0. The highest BCUT2D eigenvalue weighted by Crippen LogP contribution is 2.39. The van der Waals surface area contributed by atoms with Gasteiger partial charge >= 0.3 is 0 Å². The highest BCUT2D eigenvalue weighted by atomic mass is 32.1. The highest BCUT2D eigenvalue weighted by molar-refractivity contribution is 7.80. The van der Waals surface area contributed by atoms with Crippen LogP contribution in [0.2, 0.25) is 0 Å². The summed E-state index contributed by atoms with van der Waals surface area (Å²) in [5.74, 6) is 5.82. The Morgan fingerprint density at radius 3 is 2.62 bits per heavy atom. The Bertz CT molecular complexity index is 370. The van der Waals surface area contributed by atoms with Gasteiger partial charge < -0.3 is 10.2 Å². The molecule has 0 aromatic rings. The minimum absolute atomic E-state index is 0.0793. The summed E-state index contributed by atoms with van der Waals surface area (Å²) in [6.45, 7) is 7.91. The largest absolute Gasteiger partial charge is 0.357 e. The van der Waals surface area contributed by atoms with Crippen molar-refractivity contribution in [3.63, 3.8) is 0 Å². The lowest BCUT2D eigenvalue weighted by Gasteiger charge is -2.50. The number of nitrogens with one attached hydrogen (secondary N) is 1. The third-order valence-electron chi connectivity index (χ3n) is 3.46. The van der Waals surface area contributed by atoms with Crippen molar-refractivity contribution in [2.24, 2.45) is 5.84 Å². The van der Waals surface area contributed by atoms with E-state index >= 15 is 0 Å². The summed E-state index contributed by atoms with van der Waals surface area (Å²) in [5.41, 5.74) is -0.660. The molecule has 2 saturated heterocycles. The van der Waals surface area contributed by atoms with Gasteiger partial charge in [-0.1, -0.05) is 0 Å². The van der Waals surface area contributed by atoms with Gasteiger partial charge in [0, 0.05) is 12.0 Å². The van der Waals surface area contributed by atoms with Crippen molar-refractivity contribution in [1.29, 1.82) is 0 Å². The van der Waals surface area contributed by atoms with Crippen LogP contribution in [-0.2, 0) is 4.79 Å². The maximum atomic E-state index is 11.9. The number of nitrogens with zero attached hydrogens (tertiary/aromatic N) is 2. The number of nitrogens with two attached hydrogens (primary N) is 1. The number of hydrazine groups is 1. The van der Waals surface area contributed by atoms with E-state index in [1.807, 2.05) is 18.7 Å². The monoisotopic (exact) mass is 242 g/mol. The fraction of sp³-hybridized carbons (Fsp3) is 0.800. The molecule has 1 amide bonds. The molecule has 0 aromatic heterocycles. The highest BCUT2D eigenvalue weighted by Gasteiger charge is 2.57. The molecule has 2 fully saturated rings. The first-order valence-corrected chi connectivity index (χ1v) is 5.80. The molecule has 90 valence electrons. The molecule has 16 heavy (non-hydrogen) atoms. The van der Waals surface area contributed by atoms with Gasteiger partial charge in [0.15, 0.2) is 5.11 Å². The maximum absolute atomic E-state index is 11.9. The zero-order chi connectivity index (χ0) is 12.3. The molecular formula is C10H18N4OS. The number of rotatable bonds is 0. The van der Waals surface area contributed by atoms with E-state index in [2.05, 4.69) is 19.2 Å². The van der Waals surface area contributed by atoms with E-state index in [0.29, 0.717) is 5.11 Å². The van der Waals surface area contributed by atoms with Gasteiger partial charge in [0.1, 0.15) is 11.7 Å². The average molecular weight is 242 g/mol. The Hall–Kier alpha value is -0.880. The molecule has 0 aliphatic carbocycles. The van der Waals surface area contributed by atoms with Crippen LogP contribution < -0.4 is 11.2 Å². The Kier molecular flexibility index (Phi) is 2.23. The molecule has 5 nitrogen and oxygen atoms in total. The summed E-state index contributed by atoms with van der Waals surface area (Å²) in [5, 5.41) is 5.18. The van der Waals surface area contributed by atoms with Gasteiger partial charge in [-0.15, -0.1) is 0 Å². The Labute approximate surface area is 101 Å². The van der Waals surface area contributed by atoms with Crippen molar-refractivity contribution in [3.05, 3.63) is 0 Å². The first-order valence-electron chi connectivity index (χ1n) is 5.39. The molecule has 0 radical (unpaired) electrons. The van der Waals surface area contributed by atoms with Crippen LogP contribution in [0.15, 0.2) is 0 Å². The molecular weight excluding hydrogens is 224 g/mol. The zero-order valence-electron chi connectivity index (χ0n) is 10.1. The SMILES string of the molecule is CC1C(=O)N(N)C2(C)CC(C)(C)NC(=S)N12. The minimum atomic E-state index is -0.512. The molecule has 2 atom stereocenters. The molecule has 2 aliphatic rings. The second-order valence-electron chi connectivity index (χ2n) is 5.46. The summed E-state index contributed by atoms with van der Waals surface area (Å²) in [7, 11) is 0. The Morgan fingerprint density at radius 1 is 1.50 bits per heavy atom. The standard InChI is InChI=1S/C10H18N4OS/c1-6-7(15)14(11)10(4)5-9(2,3)12-8(16)13(6)10/h6H,5,11H2,1-4H3,(H,12,16). The maximum Gasteiger partial charge on any atom is 0.261 e. The van der Waals surface area contributed by atoms with Gasteiger partial charge in [-0.2, -0.15) is 0 Å². The summed E-state index contributed by atoms with van der Waals surface area (Å²) in [6, 6.07) is -0.286. The molecule has 2 rings (SSSR count). The van der Waals surface area contributed by atoms with Crippen LogP contribution in [0, 0.1) is 0 Å². The van der Waals surface area contributed by atoms with Crippen molar-refractivity contribution in [2.75, 3.05) is 0 Å². The smallest absolute Gasteiger partial charge is 0.261 e. The lowest BCUT2D eigenvalue weighted by Crippen LogP contribution is -2.69. The number of carbonyl (C=O) groups is 1. The molecule has 0 bridgehead atoms. The number of fused-ring (bicyclic) bond motifs is 1. The van der Waals surface area contributed by atoms with E-state index in [4.69, 9.17) is 18.1 Å². The molecule has 0 aromatic carbocycles. The molecule has 2 aliphatic heterocycles. The molecule has 0 spiro atoms. The average Bonchev–Trinajstić information content (AvgIpc) is 2.25. The third kappa shape index (κ3) is 1.33. The van der Waals surface area contributed by atoms with Gasteiger partial charge in [-0.3, -0.25) is 9.80 Å². The fourth-order valence-electron chi connectivity index (χ4n) is 2.88. The van der Waals surface area contributed by atoms with Crippen LogP contribution >= 0.6 is 12.2 Å². The molecule has 2 unspecified atom stereocenters. The predicted octanol–water partition coefficient (Wildman–Crippen LogP) is 0.166. The van der Waals surface area contributed by atoms with E-state index in [1.165, 1.54) is 5.01 Å². The number of thiocarbonyl (C=S) groups is 1. The Balaban J connectivity index is 2.46. The van der Waals surface area contributed by atoms with Gasteiger partial charge in [0.05, 0.1) is 0 Å². The van der Waals surface area contributed by atoms with Gasteiger partial charge in [0.25, 0.3) is 5.91 Å². The number of carbonyl (C=O) groups excluding carboxylic acids is 1. The predicted molar refractivity (Wildman–Crippen MR) is 65.2 cm³/mol. The van der Waals surface area contributed by atoms with E-state index in [9.17, 15) is 4.79 Å². The van der Waals surface area contributed by atoms with Crippen LogP contribution in [0.3, 0.4) is 0 Å². The second kappa shape index (κ2) is 3.07. The quantitative estimate of drug-likeness (QED) is 0.360. The van der Waals surface area contributed by atoms with E-state index in [1.54, 1.807) is 0 Å². The normalized spacial score (nSPS) is 37.4. The topological polar surface area (TPSA) is 61.6 Å². The van der Waals surface area contributed by atoms with Crippen molar-refractivity contribution in [1.82, 2.24) is 15.2 Å². The van der Waals surface area contributed by atoms with Crippen LogP contribution in [0.1, 0.15) is 34.1 Å². The number of hydrogen-bond acceptors (Lipinski definition) is 3. The lowest BCUT2D eigenvalue weighted by atomic mass is 9.88. The van der Waals surface area contributed by atoms with E-state index < -0.39 is 5.66 Å². The summed E-state index contributed by atoms with van der Waals surface area (Å²) in [6.07, 6.45) is 0.743. The zero-order valence-corrected chi connectivity index (χ0v) is 10.9. The van der Waals surface area contributed by atoms with Gasteiger partial charge in [-0.25, -0.2) is 5.84 Å². The lowest BCUT2D eigenvalue weighted by molar-refractivity contribution is -0.132. The van der Waals surface area contributed by atoms with Crippen LogP contribution in [0.25, 0.3) is 0 Å². The number of amides is 1. The summed E-state index contributed by atoms with van der Waals surface area (Å²) >= 11 is 5.33. The molecule has 2 heterocycles. The molecule has 3 N–H and O–H groups in total. The van der Waals surface area contributed by atoms with Crippen molar-refractivity contribution < 1.29 is 4.79 Å². The van der Waals surface area contributed by atoms with Crippen LogP contribution in [0.5, 0.6) is 0 Å². The summed E-state index contributed by atoms with van der Waals surface area (Å²) in [4.78, 5) is 13.8. The van der Waals surface area contributed by atoms with E-state index in [0.717, 1.165) is 6.42 Å². The second-order valence-corrected chi connectivity index (χ2v) is 5.85. The Morgan fingerprint density at radius 2 is 2.06 bits per heavy atom.